The monoisotopic (exact) mass is 464 g/mol. The van der Waals surface area contributed by atoms with E-state index in [-0.39, 0.29) is 11.7 Å². The lowest BCUT2D eigenvalue weighted by Gasteiger charge is -2.10. The third-order valence-electron chi connectivity index (χ3n) is 3.95. The summed E-state index contributed by atoms with van der Waals surface area (Å²) in [7, 11) is 0. The van der Waals surface area contributed by atoms with Crippen LogP contribution in [-0.4, -0.2) is 26.4 Å². The van der Waals surface area contributed by atoms with Gasteiger partial charge >= 0.3 is 0 Å². The Labute approximate surface area is 175 Å². The molecular formula is C19H18BrClN4OS. The Hall–Kier alpha value is -1.83. The van der Waals surface area contributed by atoms with E-state index >= 15 is 0 Å². The van der Waals surface area contributed by atoms with Gasteiger partial charge < -0.3 is 9.88 Å². The molecule has 0 aliphatic carbocycles. The van der Waals surface area contributed by atoms with Gasteiger partial charge in [-0.25, -0.2) is 0 Å². The van der Waals surface area contributed by atoms with Crippen molar-refractivity contribution in [2.75, 3.05) is 11.1 Å². The van der Waals surface area contributed by atoms with Crippen LogP contribution in [0.5, 0.6) is 0 Å². The lowest BCUT2D eigenvalue weighted by Crippen LogP contribution is -2.15. The van der Waals surface area contributed by atoms with E-state index in [4.69, 9.17) is 11.6 Å². The summed E-state index contributed by atoms with van der Waals surface area (Å²) in [6.07, 6.45) is 0. The number of amides is 1. The van der Waals surface area contributed by atoms with E-state index < -0.39 is 0 Å². The highest BCUT2D eigenvalue weighted by atomic mass is 79.9. The number of carbonyl (C=O) groups excluding carboxylic acids is 1. The maximum Gasteiger partial charge on any atom is 0.234 e. The minimum atomic E-state index is -0.113. The SMILES string of the molecule is CCn1c(SCC(=O)Nc2cc(Cl)ccc2C)nnc1-c1ccccc1Br. The molecule has 0 spiro atoms. The van der Waals surface area contributed by atoms with Gasteiger partial charge in [0.15, 0.2) is 11.0 Å². The normalized spacial score (nSPS) is 10.8. The first-order chi connectivity index (χ1) is 13.0. The smallest absolute Gasteiger partial charge is 0.234 e. The van der Waals surface area contributed by atoms with Gasteiger partial charge in [0.25, 0.3) is 0 Å². The molecule has 8 heteroatoms. The van der Waals surface area contributed by atoms with Crippen LogP contribution < -0.4 is 5.32 Å². The van der Waals surface area contributed by atoms with Gasteiger partial charge in [-0.1, -0.05) is 63.6 Å². The number of aryl methyl sites for hydroxylation is 1. The van der Waals surface area contributed by atoms with Crippen LogP contribution in [-0.2, 0) is 11.3 Å². The number of benzene rings is 2. The van der Waals surface area contributed by atoms with Gasteiger partial charge in [-0.3, -0.25) is 4.79 Å². The molecule has 2 aromatic carbocycles. The number of rotatable bonds is 6. The highest BCUT2D eigenvalue weighted by Crippen LogP contribution is 2.29. The molecule has 1 amide bonds. The maximum atomic E-state index is 12.3. The van der Waals surface area contributed by atoms with Crippen LogP contribution in [0.2, 0.25) is 5.02 Å². The molecule has 0 bridgehead atoms. The average Bonchev–Trinajstić information content (AvgIpc) is 3.06. The largest absolute Gasteiger partial charge is 0.325 e. The summed E-state index contributed by atoms with van der Waals surface area (Å²) in [5.41, 5.74) is 2.65. The molecule has 0 saturated carbocycles. The summed E-state index contributed by atoms with van der Waals surface area (Å²) < 4.78 is 2.96. The van der Waals surface area contributed by atoms with Crippen molar-refractivity contribution in [2.24, 2.45) is 0 Å². The van der Waals surface area contributed by atoms with Crippen LogP contribution >= 0.6 is 39.3 Å². The Morgan fingerprint density at radius 3 is 2.78 bits per heavy atom. The molecule has 140 valence electrons. The molecule has 27 heavy (non-hydrogen) atoms. The predicted molar refractivity (Wildman–Crippen MR) is 114 cm³/mol. The fourth-order valence-corrected chi connectivity index (χ4v) is 4.00. The first-order valence-electron chi connectivity index (χ1n) is 8.36. The molecule has 3 aromatic rings. The third-order valence-corrected chi connectivity index (χ3v) is 5.85. The van der Waals surface area contributed by atoms with Crippen LogP contribution in [0.1, 0.15) is 12.5 Å². The lowest BCUT2D eigenvalue weighted by atomic mass is 10.2. The Kier molecular flexibility index (Phi) is 6.57. The van der Waals surface area contributed by atoms with Gasteiger partial charge in [0.1, 0.15) is 0 Å². The minimum Gasteiger partial charge on any atom is -0.325 e. The molecule has 5 nitrogen and oxygen atoms in total. The van der Waals surface area contributed by atoms with Gasteiger partial charge in [-0.15, -0.1) is 10.2 Å². The fourth-order valence-electron chi connectivity index (χ4n) is 2.57. The molecule has 0 aliphatic rings. The quantitative estimate of drug-likeness (QED) is 0.494. The molecule has 0 radical (unpaired) electrons. The lowest BCUT2D eigenvalue weighted by molar-refractivity contribution is -0.113. The van der Waals surface area contributed by atoms with Crippen LogP contribution in [0.25, 0.3) is 11.4 Å². The van der Waals surface area contributed by atoms with Crippen molar-refractivity contribution in [3.05, 3.63) is 57.5 Å². The summed E-state index contributed by atoms with van der Waals surface area (Å²) in [5.74, 6) is 0.900. The molecule has 0 saturated heterocycles. The van der Waals surface area contributed by atoms with Crippen LogP contribution in [0, 0.1) is 6.92 Å². The van der Waals surface area contributed by atoms with E-state index in [2.05, 4.69) is 31.4 Å². The first kappa shape index (κ1) is 19.9. The number of thioether (sulfide) groups is 1. The van der Waals surface area contributed by atoms with Crippen molar-refractivity contribution in [1.29, 1.82) is 0 Å². The Balaban J connectivity index is 1.72. The second kappa shape index (κ2) is 8.91. The third kappa shape index (κ3) is 4.72. The number of anilines is 1. The van der Waals surface area contributed by atoms with Crippen molar-refractivity contribution in [1.82, 2.24) is 14.8 Å². The van der Waals surface area contributed by atoms with Crippen molar-refractivity contribution < 1.29 is 4.79 Å². The van der Waals surface area contributed by atoms with Gasteiger partial charge in [0.2, 0.25) is 5.91 Å². The molecule has 0 atom stereocenters. The summed E-state index contributed by atoms with van der Waals surface area (Å²) in [4.78, 5) is 12.3. The van der Waals surface area contributed by atoms with E-state index in [1.54, 1.807) is 12.1 Å². The zero-order chi connectivity index (χ0) is 19.4. The van der Waals surface area contributed by atoms with Crippen LogP contribution in [0.4, 0.5) is 5.69 Å². The van der Waals surface area contributed by atoms with E-state index in [9.17, 15) is 4.79 Å². The zero-order valence-electron chi connectivity index (χ0n) is 14.9. The summed E-state index contributed by atoms with van der Waals surface area (Å²) in [5, 5.41) is 12.8. The van der Waals surface area contributed by atoms with Crippen molar-refractivity contribution in [3.63, 3.8) is 0 Å². The standard InChI is InChI=1S/C19H18BrClN4OS/c1-3-25-18(14-6-4-5-7-15(14)20)23-24-19(25)27-11-17(26)22-16-10-13(21)9-8-12(16)2/h4-10H,3,11H2,1-2H3,(H,22,26). The van der Waals surface area contributed by atoms with E-state index in [1.165, 1.54) is 11.8 Å². The van der Waals surface area contributed by atoms with E-state index in [0.717, 1.165) is 27.1 Å². The zero-order valence-corrected chi connectivity index (χ0v) is 18.0. The number of nitrogens with zero attached hydrogens (tertiary/aromatic N) is 3. The summed E-state index contributed by atoms with van der Waals surface area (Å²) >= 11 is 10.9. The number of aromatic nitrogens is 3. The molecule has 1 N–H and O–H groups in total. The van der Waals surface area contributed by atoms with Crippen molar-refractivity contribution in [2.45, 2.75) is 25.5 Å². The molecular weight excluding hydrogens is 448 g/mol. The number of carbonyl (C=O) groups is 1. The molecule has 1 aromatic heterocycles. The molecule has 1 heterocycles. The topological polar surface area (TPSA) is 59.8 Å². The van der Waals surface area contributed by atoms with Gasteiger partial charge in [0.05, 0.1) is 5.75 Å². The molecule has 0 fully saturated rings. The highest BCUT2D eigenvalue weighted by molar-refractivity contribution is 9.10. The summed E-state index contributed by atoms with van der Waals surface area (Å²) in [6, 6.07) is 13.3. The number of halogens is 2. The number of hydrogen-bond acceptors (Lipinski definition) is 4. The summed E-state index contributed by atoms with van der Waals surface area (Å²) in [6.45, 7) is 4.67. The maximum absolute atomic E-state index is 12.3. The van der Waals surface area contributed by atoms with Gasteiger partial charge in [-0.2, -0.15) is 0 Å². The number of nitrogens with one attached hydrogen (secondary N) is 1. The Morgan fingerprint density at radius 2 is 2.04 bits per heavy atom. The van der Waals surface area contributed by atoms with Crippen LogP contribution in [0.15, 0.2) is 52.1 Å². The van der Waals surface area contributed by atoms with E-state index in [0.29, 0.717) is 16.7 Å². The highest BCUT2D eigenvalue weighted by Gasteiger charge is 2.16. The van der Waals surface area contributed by atoms with Crippen molar-refractivity contribution in [3.8, 4) is 11.4 Å². The fraction of sp³-hybridized carbons (Fsp3) is 0.211. The van der Waals surface area contributed by atoms with Gasteiger partial charge in [-0.05, 0) is 37.6 Å². The Morgan fingerprint density at radius 1 is 1.26 bits per heavy atom. The predicted octanol–water partition coefficient (Wildman–Crippen LogP) is 5.42. The molecule has 0 aliphatic heterocycles. The second-order valence-electron chi connectivity index (χ2n) is 5.83. The first-order valence-corrected chi connectivity index (χ1v) is 10.5. The number of hydrogen-bond donors (Lipinski definition) is 1. The van der Waals surface area contributed by atoms with Crippen LogP contribution in [0.3, 0.4) is 0 Å². The molecule has 3 rings (SSSR count). The second-order valence-corrected chi connectivity index (χ2v) is 8.06. The minimum absolute atomic E-state index is 0.113. The van der Waals surface area contributed by atoms with E-state index in [1.807, 2.05) is 48.7 Å². The van der Waals surface area contributed by atoms with Gasteiger partial charge in [0, 0.05) is 27.3 Å². The average molecular weight is 466 g/mol. The van der Waals surface area contributed by atoms with Crippen molar-refractivity contribution >= 4 is 50.9 Å². The Bertz CT molecular complexity index is 976. The molecule has 0 unspecified atom stereocenters.